The lowest BCUT2D eigenvalue weighted by molar-refractivity contribution is -0.122. The summed E-state index contributed by atoms with van der Waals surface area (Å²) in [6.07, 6.45) is 5.03. The summed E-state index contributed by atoms with van der Waals surface area (Å²) >= 11 is 0. The van der Waals surface area contributed by atoms with Crippen LogP contribution < -0.4 is 10.6 Å². The number of amides is 2. The van der Waals surface area contributed by atoms with Gasteiger partial charge in [0.05, 0.1) is 0 Å². The molecule has 0 aromatic heterocycles. The third-order valence-electron chi connectivity index (χ3n) is 4.36. The van der Waals surface area contributed by atoms with E-state index in [4.69, 9.17) is 0 Å². The summed E-state index contributed by atoms with van der Waals surface area (Å²) in [5.74, 6) is 0.443. The van der Waals surface area contributed by atoms with Crippen molar-refractivity contribution < 1.29 is 9.59 Å². The molecule has 1 saturated carbocycles. The van der Waals surface area contributed by atoms with Gasteiger partial charge in [-0.25, -0.2) is 0 Å². The third kappa shape index (κ3) is 4.86. The summed E-state index contributed by atoms with van der Waals surface area (Å²) in [5.41, 5.74) is 0.621. The average Bonchev–Trinajstić information content (AvgIpc) is 2.50. The van der Waals surface area contributed by atoms with Crippen molar-refractivity contribution in [1.29, 1.82) is 0 Å². The van der Waals surface area contributed by atoms with Crippen LogP contribution in [0.3, 0.4) is 0 Å². The Labute approximate surface area is 132 Å². The summed E-state index contributed by atoms with van der Waals surface area (Å²) in [4.78, 5) is 24.2. The van der Waals surface area contributed by atoms with E-state index in [1.54, 1.807) is 12.1 Å². The average molecular weight is 302 g/mol. The lowest BCUT2D eigenvalue weighted by atomic mass is 9.86. The fourth-order valence-electron chi connectivity index (χ4n) is 3.02. The lowest BCUT2D eigenvalue weighted by Crippen LogP contribution is -2.44. The molecule has 4 heteroatoms. The van der Waals surface area contributed by atoms with Crippen molar-refractivity contribution in [3.05, 3.63) is 35.9 Å². The molecule has 1 aromatic rings. The molecule has 3 atom stereocenters. The first-order chi connectivity index (χ1) is 10.6. The van der Waals surface area contributed by atoms with Crippen LogP contribution in [-0.2, 0) is 4.79 Å². The van der Waals surface area contributed by atoms with Gasteiger partial charge < -0.3 is 10.6 Å². The topological polar surface area (TPSA) is 58.2 Å². The number of nitrogens with one attached hydrogen (secondary N) is 2. The summed E-state index contributed by atoms with van der Waals surface area (Å²) < 4.78 is 0. The molecule has 1 aliphatic carbocycles. The maximum Gasteiger partial charge on any atom is 0.251 e. The molecule has 0 heterocycles. The van der Waals surface area contributed by atoms with Crippen LogP contribution in [0.2, 0.25) is 0 Å². The van der Waals surface area contributed by atoms with Crippen molar-refractivity contribution in [3.63, 3.8) is 0 Å². The minimum Gasteiger partial charge on any atom is -0.353 e. The molecule has 0 spiro atoms. The Hall–Kier alpha value is -1.84. The maximum absolute atomic E-state index is 12.1. The van der Waals surface area contributed by atoms with Crippen LogP contribution in [0.15, 0.2) is 30.3 Å². The number of carbonyl (C=O) groups is 2. The second-order valence-corrected chi connectivity index (χ2v) is 6.38. The molecule has 3 unspecified atom stereocenters. The standard InChI is InChI=1S/C18H26N2O2/c1-13-8-6-7-11-16(13)20-17(21)12-14(2)19-18(22)15-9-4-3-5-10-15/h3-5,9-10,13-14,16H,6-8,11-12H2,1-2H3,(H,19,22)(H,20,21). The minimum absolute atomic E-state index is 0.0274. The van der Waals surface area contributed by atoms with Crippen molar-refractivity contribution in [2.45, 2.75) is 58.0 Å². The van der Waals surface area contributed by atoms with E-state index in [0.717, 1.165) is 6.42 Å². The lowest BCUT2D eigenvalue weighted by Gasteiger charge is -2.30. The third-order valence-corrected chi connectivity index (χ3v) is 4.36. The van der Waals surface area contributed by atoms with E-state index >= 15 is 0 Å². The fraction of sp³-hybridized carbons (Fsp3) is 0.556. The molecular formula is C18H26N2O2. The van der Waals surface area contributed by atoms with Crippen molar-refractivity contribution in [3.8, 4) is 0 Å². The predicted octanol–water partition coefficient (Wildman–Crippen LogP) is 2.89. The SMILES string of the molecule is CC(CC(=O)NC1CCCCC1C)NC(=O)c1ccccc1. The Kier molecular flexibility index (Phi) is 5.99. The quantitative estimate of drug-likeness (QED) is 0.878. The first kappa shape index (κ1) is 16.5. The van der Waals surface area contributed by atoms with Gasteiger partial charge in [0.1, 0.15) is 0 Å². The Balaban J connectivity index is 1.77. The van der Waals surface area contributed by atoms with Crippen LogP contribution in [0.1, 0.15) is 56.3 Å². The zero-order valence-corrected chi connectivity index (χ0v) is 13.5. The predicted molar refractivity (Wildman–Crippen MR) is 87.5 cm³/mol. The largest absolute Gasteiger partial charge is 0.353 e. The number of rotatable bonds is 5. The van der Waals surface area contributed by atoms with Crippen LogP contribution in [0.25, 0.3) is 0 Å². The molecule has 4 nitrogen and oxygen atoms in total. The van der Waals surface area contributed by atoms with E-state index in [0.29, 0.717) is 23.9 Å². The number of benzene rings is 1. The molecule has 0 saturated heterocycles. The van der Waals surface area contributed by atoms with Crippen LogP contribution in [0, 0.1) is 5.92 Å². The Morgan fingerprint density at radius 3 is 2.55 bits per heavy atom. The second-order valence-electron chi connectivity index (χ2n) is 6.38. The van der Waals surface area contributed by atoms with Crippen molar-refractivity contribution in [2.24, 2.45) is 5.92 Å². The van der Waals surface area contributed by atoms with Gasteiger partial charge in [-0.15, -0.1) is 0 Å². The number of hydrogen-bond donors (Lipinski definition) is 2. The highest BCUT2D eigenvalue weighted by Gasteiger charge is 2.23. The van der Waals surface area contributed by atoms with Gasteiger partial charge in [0, 0.05) is 24.1 Å². The van der Waals surface area contributed by atoms with Crippen molar-refractivity contribution >= 4 is 11.8 Å². The van der Waals surface area contributed by atoms with Gasteiger partial charge in [0.15, 0.2) is 0 Å². The van der Waals surface area contributed by atoms with Gasteiger partial charge in [-0.1, -0.05) is 38.0 Å². The van der Waals surface area contributed by atoms with E-state index in [1.165, 1.54) is 19.3 Å². The Morgan fingerprint density at radius 1 is 1.18 bits per heavy atom. The van der Waals surface area contributed by atoms with Crippen LogP contribution in [0.5, 0.6) is 0 Å². The molecule has 2 rings (SSSR count). The van der Waals surface area contributed by atoms with Gasteiger partial charge in [-0.2, -0.15) is 0 Å². The zero-order valence-electron chi connectivity index (χ0n) is 13.5. The van der Waals surface area contributed by atoms with Crippen LogP contribution in [-0.4, -0.2) is 23.9 Å². The van der Waals surface area contributed by atoms with E-state index in [2.05, 4.69) is 17.6 Å². The van der Waals surface area contributed by atoms with Gasteiger partial charge in [-0.05, 0) is 37.8 Å². The zero-order chi connectivity index (χ0) is 15.9. The van der Waals surface area contributed by atoms with E-state index in [-0.39, 0.29) is 17.9 Å². The molecule has 120 valence electrons. The number of carbonyl (C=O) groups excluding carboxylic acids is 2. The van der Waals surface area contributed by atoms with Gasteiger partial charge in [-0.3, -0.25) is 9.59 Å². The highest BCUT2D eigenvalue weighted by Crippen LogP contribution is 2.23. The Bertz CT molecular complexity index is 501. The maximum atomic E-state index is 12.1. The van der Waals surface area contributed by atoms with Gasteiger partial charge in [0.25, 0.3) is 5.91 Å². The number of hydrogen-bond acceptors (Lipinski definition) is 2. The highest BCUT2D eigenvalue weighted by molar-refractivity contribution is 5.94. The summed E-state index contributed by atoms with van der Waals surface area (Å²) in [7, 11) is 0. The minimum atomic E-state index is -0.174. The first-order valence-corrected chi connectivity index (χ1v) is 8.21. The van der Waals surface area contributed by atoms with Crippen LogP contribution in [0.4, 0.5) is 0 Å². The van der Waals surface area contributed by atoms with Gasteiger partial charge in [0.2, 0.25) is 5.91 Å². The monoisotopic (exact) mass is 302 g/mol. The molecule has 22 heavy (non-hydrogen) atoms. The van der Waals surface area contributed by atoms with Gasteiger partial charge >= 0.3 is 0 Å². The first-order valence-electron chi connectivity index (χ1n) is 8.21. The normalized spacial score (nSPS) is 22.6. The summed E-state index contributed by atoms with van der Waals surface area (Å²) in [6, 6.07) is 9.19. The molecule has 0 bridgehead atoms. The Morgan fingerprint density at radius 2 is 1.86 bits per heavy atom. The van der Waals surface area contributed by atoms with Crippen molar-refractivity contribution in [2.75, 3.05) is 0 Å². The van der Waals surface area contributed by atoms with Crippen molar-refractivity contribution in [1.82, 2.24) is 10.6 Å². The van der Waals surface area contributed by atoms with E-state index < -0.39 is 0 Å². The fourth-order valence-corrected chi connectivity index (χ4v) is 3.02. The molecule has 1 fully saturated rings. The summed E-state index contributed by atoms with van der Waals surface area (Å²) in [6.45, 7) is 4.06. The highest BCUT2D eigenvalue weighted by atomic mass is 16.2. The smallest absolute Gasteiger partial charge is 0.251 e. The van der Waals surface area contributed by atoms with E-state index in [1.807, 2.05) is 25.1 Å². The second kappa shape index (κ2) is 7.97. The summed E-state index contributed by atoms with van der Waals surface area (Å²) in [5, 5.41) is 6.00. The van der Waals surface area contributed by atoms with E-state index in [9.17, 15) is 9.59 Å². The molecule has 2 amide bonds. The molecular weight excluding hydrogens is 276 g/mol. The molecule has 2 N–H and O–H groups in total. The van der Waals surface area contributed by atoms with Crippen LogP contribution >= 0.6 is 0 Å². The molecule has 0 aliphatic heterocycles. The molecule has 0 radical (unpaired) electrons. The molecule has 1 aliphatic rings. The molecule has 1 aromatic carbocycles.